The zero-order chi connectivity index (χ0) is 18.0. The highest BCUT2D eigenvalue weighted by atomic mass is 19.4. The molecule has 3 heterocycles. The Labute approximate surface area is 145 Å². The van der Waals surface area contributed by atoms with Crippen molar-refractivity contribution >= 4 is 0 Å². The van der Waals surface area contributed by atoms with Crippen molar-refractivity contribution in [2.75, 3.05) is 45.9 Å². The molecule has 25 heavy (non-hydrogen) atoms. The lowest BCUT2D eigenvalue weighted by Crippen LogP contribution is -2.49. The van der Waals surface area contributed by atoms with Crippen LogP contribution in [0.3, 0.4) is 0 Å². The smallest absolute Gasteiger partial charge is 0.422 e. The summed E-state index contributed by atoms with van der Waals surface area (Å²) in [6.07, 6.45) is -3.26. The fourth-order valence-corrected chi connectivity index (χ4v) is 3.72. The van der Waals surface area contributed by atoms with Gasteiger partial charge in [0.05, 0.1) is 11.3 Å². The second kappa shape index (κ2) is 7.51. The third-order valence-corrected chi connectivity index (χ3v) is 4.96. The van der Waals surface area contributed by atoms with E-state index in [1.54, 1.807) is 7.05 Å². The molecule has 1 N–H and O–H groups in total. The predicted octanol–water partition coefficient (Wildman–Crippen LogP) is 1.15. The topological polar surface area (TPSA) is 45.6 Å². The Hall–Kier alpha value is -1.32. The molecule has 0 spiro atoms. The summed E-state index contributed by atoms with van der Waals surface area (Å²) in [7, 11) is 1.62. The van der Waals surface area contributed by atoms with Crippen LogP contribution < -0.4 is 10.1 Å². The number of alkyl halides is 3. The van der Waals surface area contributed by atoms with E-state index >= 15 is 0 Å². The Morgan fingerprint density at radius 3 is 2.64 bits per heavy atom. The Bertz CT molecular complexity index is 583. The predicted molar refractivity (Wildman–Crippen MR) is 87.6 cm³/mol. The van der Waals surface area contributed by atoms with Gasteiger partial charge in [0.2, 0.25) is 5.88 Å². The first-order chi connectivity index (χ1) is 11.8. The van der Waals surface area contributed by atoms with Gasteiger partial charge in [0.25, 0.3) is 0 Å². The molecule has 0 aromatic carbocycles. The summed E-state index contributed by atoms with van der Waals surface area (Å²) in [5, 5.41) is 7.60. The van der Waals surface area contributed by atoms with Crippen LogP contribution in [0.25, 0.3) is 0 Å². The fourth-order valence-electron chi connectivity index (χ4n) is 3.72. The molecule has 6 nitrogen and oxygen atoms in total. The van der Waals surface area contributed by atoms with Crippen molar-refractivity contribution in [2.24, 2.45) is 7.05 Å². The van der Waals surface area contributed by atoms with Crippen molar-refractivity contribution in [1.82, 2.24) is 24.9 Å². The summed E-state index contributed by atoms with van der Waals surface area (Å²) in [5.41, 5.74) is 1.48. The van der Waals surface area contributed by atoms with Crippen molar-refractivity contribution in [1.29, 1.82) is 0 Å². The number of halogens is 3. The van der Waals surface area contributed by atoms with E-state index in [9.17, 15) is 13.2 Å². The summed E-state index contributed by atoms with van der Waals surface area (Å²) < 4.78 is 43.9. The maximum atomic E-state index is 12.5. The van der Waals surface area contributed by atoms with Gasteiger partial charge in [0.1, 0.15) is 0 Å². The van der Waals surface area contributed by atoms with Crippen molar-refractivity contribution in [2.45, 2.75) is 32.1 Å². The van der Waals surface area contributed by atoms with E-state index in [0.29, 0.717) is 12.6 Å². The second-order valence-corrected chi connectivity index (χ2v) is 6.86. The monoisotopic (exact) mass is 361 g/mol. The van der Waals surface area contributed by atoms with Crippen LogP contribution in [0.1, 0.15) is 17.7 Å². The first-order valence-electron chi connectivity index (χ1n) is 8.72. The summed E-state index contributed by atoms with van der Waals surface area (Å²) in [5.74, 6) is 0.223. The first kappa shape index (κ1) is 18.5. The minimum absolute atomic E-state index is 0.223. The number of aryl methyl sites for hydroxylation is 2. The number of hydrogen-bond acceptors (Lipinski definition) is 5. The molecule has 0 saturated carbocycles. The van der Waals surface area contributed by atoms with Crippen LogP contribution >= 0.6 is 0 Å². The van der Waals surface area contributed by atoms with E-state index in [-0.39, 0.29) is 5.88 Å². The molecular weight excluding hydrogens is 335 g/mol. The summed E-state index contributed by atoms with van der Waals surface area (Å²) in [6, 6.07) is 0.527. The summed E-state index contributed by atoms with van der Waals surface area (Å²) in [6.45, 7) is 7.15. The van der Waals surface area contributed by atoms with Crippen LogP contribution in [0, 0.1) is 6.92 Å². The molecule has 1 unspecified atom stereocenters. The van der Waals surface area contributed by atoms with Gasteiger partial charge in [0.15, 0.2) is 6.61 Å². The van der Waals surface area contributed by atoms with E-state index < -0.39 is 12.8 Å². The van der Waals surface area contributed by atoms with Crippen LogP contribution in [-0.2, 0) is 13.6 Å². The fraction of sp³-hybridized carbons (Fsp3) is 0.812. The van der Waals surface area contributed by atoms with Gasteiger partial charge in [0, 0.05) is 58.9 Å². The van der Waals surface area contributed by atoms with E-state index in [4.69, 9.17) is 4.74 Å². The van der Waals surface area contributed by atoms with Crippen molar-refractivity contribution in [3.63, 3.8) is 0 Å². The Morgan fingerprint density at radius 1 is 1.24 bits per heavy atom. The lowest BCUT2D eigenvalue weighted by molar-refractivity contribution is -0.154. The molecule has 1 aromatic heterocycles. The zero-order valence-corrected chi connectivity index (χ0v) is 14.8. The highest BCUT2D eigenvalue weighted by Crippen LogP contribution is 2.27. The van der Waals surface area contributed by atoms with Crippen LogP contribution in [0.5, 0.6) is 5.88 Å². The lowest BCUT2D eigenvalue weighted by Gasteiger charge is -2.32. The molecule has 0 radical (unpaired) electrons. The standard InChI is InChI=1S/C16H26F3N5O/c1-12-14(15(22(2)21-12)25-11-16(17,18)19)10-23-6-3-13(9-23)24-7-4-20-5-8-24/h13,20H,3-11H2,1-2H3. The number of likely N-dealkylation sites (tertiary alicyclic amines) is 1. The average Bonchev–Trinajstić information content (AvgIpc) is 3.12. The molecule has 9 heteroatoms. The van der Waals surface area contributed by atoms with Crippen LogP contribution in [0.2, 0.25) is 0 Å². The molecule has 2 saturated heterocycles. The Balaban J connectivity index is 1.62. The molecule has 2 fully saturated rings. The van der Waals surface area contributed by atoms with Crippen LogP contribution in [-0.4, -0.2) is 77.7 Å². The third-order valence-electron chi connectivity index (χ3n) is 4.96. The lowest BCUT2D eigenvalue weighted by atomic mass is 10.2. The summed E-state index contributed by atoms with van der Waals surface area (Å²) in [4.78, 5) is 4.80. The van der Waals surface area contributed by atoms with Gasteiger partial charge in [-0.15, -0.1) is 0 Å². The van der Waals surface area contributed by atoms with Crippen molar-refractivity contribution in [3.8, 4) is 5.88 Å². The van der Waals surface area contributed by atoms with Gasteiger partial charge >= 0.3 is 6.18 Å². The van der Waals surface area contributed by atoms with Crippen LogP contribution in [0.4, 0.5) is 13.2 Å². The van der Waals surface area contributed by atoms with E-state index in [1.165, 1.54) is 4.68 Å². The Kier molecular flexibility index (Phi) is 5.55. The van der Waals surface area contributed by atoms with Crippen LogP contribution in [0.15, 0.2) is 0 Å². The number of piperazine rings is 1. The zero-order valence-electron chi connectivity index (χ0n) is 14.8. The van der Waals surface area contributed by atoms with E-state index in [0.717, 1.165) is 56.9 Å². The summed E-state index contributed by atoms with van der Waals surface area (Å²) >= 11 is 0. The minimum atomic E-state index is -4.35. The van der Waals surface area contributed by atoms with Gasteiger partial charge in [-0.05, 0) is 13.3 Å². The number of nitrogens with zero attached hydrogens (tertiary/aromatic N) is 4. The quantitative estimate of drug-likeness (QED) is 0.853. The molecule has 2 aliphatic rings. The maximum absolute atomic E-state index is 12.5. The molecular formula is C16H26F3N5O. The number of rotatable bonds is 5. The minimum Gasteiger partial charge on any atom is -0.468 e. The number of hydrogen-bond donors (Lipinski definition) is 1. The highest BCUT2D eigenvalue weighted by Gasteiger charge is 2.32. The van der Waals surface area contributed by atoms with Gasteiger partial charge in [-0.2, -0.15) is 18.3 Å². The largest absolute Gasteiger partial charge is 0.468 e. The maximum Gasteiger partial charge on any atom is 0.422 e. The Morgan fingerprint density at radius 2 is 1.96 bits per heavy atom. The molecule has 0 bridgehead atoms. The molecule has 3 rings (SSSR count). The van der Waals surface area contributed by atoms with E-state index in [1.807, 2.05) is 6.92 Å². The average molecular weight is 361 g/mol. The SMILES string of the molecule is Cc1nn(C)c(OCC(F)(F)F)c1CN1CCC(N2CCNCC2)C1. The third kappa shape index (κ3) is 4.65. The highest BCUT2D eigenvalue weighted by molar-refractivity contribution is 5.31. The van der Waals surface area contributed by atoms with E-state index in [2.05, 4.69) is 20.2 Å². The molecule has 1 atom stereocenters. The van der Waals surface area contributed by atoms with Gasteiger partial charge < -0.3 is 10.1 Å². The molecule has 0 aliphatic carbocycles. The van der Waals surface area contributed by atoms with Gasteiger partial charge in [-0.1, -0.05) is 0 Å². The van der Waals surface area contributed by atoms with Crippen molar-refractivity contribution in [3.05, 3.63) is 11.3 Å². The number of nitrogens with one attached hydrogen (secondary N) is 1. The van der Waals surface area contributed by atoms with Gasteiger partial charge in [-0.25, -0.2) is 4.68 Å². The van der Waals surface area contributed by atoms with Gasteiger partial charge in [-0.3, -0.25) is 9.80 Å². The molecule has 2 aliphatic heterocycles. The molecule has 0 amide bonds. The molecule has 142 valence electrons. The number of aromatic nitrogens is 2. The molecule has 1 aromatic rings. The number of ether oxygens (including phenoxy) is 1. The second-order valence-electron chi connectivity index (χ2n) is 6.86. The van der Waals surface area contributed by atoms with Crippen molar-refractivity contribution < 1.29 is 17.9 Å². The first-order valence-corrected chi connectivity index (χ1v) is 8.72. The normalized spacial score (nSPS) is 23.3.